The van der Waals surface area contributed by atoms with Gasteiger partial charge >= 0.3 is 0 Å². The van der Waals surface area contributed by atoms with Crippen molar-refractivity contribution < 1.29 is 17.9 Å². The van der Waals surface area contributed by atoms with E-state index in [1.165, 1.54) is 24.8 Å². The fourth-order valence-electron chi connectivity index (χ4n) is 4.65. The average Bonchev–Trinajstić information content (AvgIpc) is 2.93. The van der Waals surface area contributed by atoms with E-state index in [2.05, 4.69) is 16.3 Å². The van der Waals surface area contributed by atoms with Gasteiger partial charge < -0.3 is 10.1 Å². The van der Waals surface area contributed by atoms with Gasteiger partial charge in [0.25, 0.3) is 10.0 Å². The lowest BCUT2D eigenvalue weighted by atomic mass is 10.0. The molecule has 3 aromatic rings. The largest absolute Gasteiger partial charge is 0.494 e. The number of rotatable bonds is 11. The molecule has 0 aromatic heterocycles. The van der Waals surface area contributed by atoms with Crippen LogP contribution < -0.4 is 14.4 Å². The number of nitrogens with one attached hydrogen (secondary N) is 1. The minimum absolute atomic E-state index is 0.136. The van der Waals surface area contributed by atoms with Gasteiger partial charge in [0.1, 0.15) is 12.3 Å². The number of likely N-dealkylation sites (tertiary alicyclic amines) is 1. The quantitative estimate of drug-likeness (QED) is 0.378. The van der Waals surface area contributed by atoms with Crippen molar-refractivity contribution >= 4 is 21.6 Å². The maximum Gasteiger partial charge on any atom is 0.264 e. The van der Waals surface area contributed by atoms with Gasteiger partial charge in [0, 0.05) is 13.1 Å². The number of aryl methyl sites for hydroxylation is 1. The molecular weight excluding hydrogens is 498 g/mol. The SMILES string of the molecule is CCOc1ccc(N(CC(=O)NCc2ccccc2CN2CCCCC2)S(=O)(=O)c2ccc(C)cc2)cc1. The summed E-state index contributed by atoms with van der Waals surface area (Å²) in [7, 11) is -3.98. The molecule has 1 amide bonds. The summed E-state index contributed by atoms with van der Waals surface area (Å²) in [6, 6.07) is 21.5. The molecule has 8 heteroatoms. The van der Waals surface area contributed by atoms with E-state index in [0.717, 1.165) is 35.1 Å². The van der Waals surface area contributed by atoms with Crippen LogP contribution in [0.1, 0.15) is 42.9 Å². The van der Waals surface area contributed by atoms with E-state index in [9.17, 15) is 13.2 Å². The lowest BCUT2D eigenvalue weighted by Gasteiger charge is -2.27. The standard InChI is InChI=1S/C30H37N3O4S/c1-3-37-28-15-13-27(14-16-28)33(38(35,36)29-17-11-24(2)12-18-29)23-30(34)31-21-25-9-5-6-10-26(25)22-32-19-7-4-8-20-32/h5-6,9-18H,3-4,7-8,19-23H2,1-2H3,(H,31,34). The minimum Gasteiger partial charge on any atom is -0.494 e. The predicted molar refractivity (Wildman–Crippen MR) is 151 cm³/mol. The molecule has 38 heavy (non-hydrogen) atoms. The second-order valence-corrected chi connectivity index (χ2v) is 11.5. The van der Waals surface area contributed by atoms with Crippen LogP contribution in [0.3, 0.4) is 0 Å². The van der Waals surface area contributed by atoms with Crippen molar-refractivity contribution in [2.24, 2.45) is 0 Å². The Bertz CT molecular complexity index is 1300. The molecule has 1 aliphatic rings. The number of carbonyl (C=O) groups excluding carboxylic acids is 1. The molecule has 0 bridgehead atoms. The highest BCUT2D eigenvalue weighted by Crippen LogP contribution is 2.26. The first-order valence-electron chi connectivity index (χ1n) is 13.2. The molecule has 1 fully saturated rings. The molecule has 0 radical (unpaired) electrons. The number of carbonyl (C=O) groups is 1. The Kier molecular flexibility index (Phi) is 9.42. The normalized spacial score (nSPS) is 14.2. The predicted octanol–water partition coefficient (Wildman–Crippen LogP) is 4.89. The van der Waals surface area contributed by atoms with E-state index in [1.54, 1.807) is 48.5 Å². The van der Waals surface area contributed by atoms with E-state index < -0.39 is 10.0 Å². The molecule has 1 saturated heterocycles. The summed E-state index contributed by atoms with van der Waals surface area (Å²) in [5.41, 5.74) is 3.58. The van der Waals surface area contributed by atoms with Gasteiger partial charge in [-0.2, -0.15) is 0 Å². The molecule has 0 unspecified atom stereocenters. The van der Waals surface area contributed by atoms with Crippen LogP contribution in [-0.2, 0) is 27.9 Å². The van der Waals surface area contributed by atoms with Gasteiger partial charge in [0.15, 0.2) is 0 Å². The van der Waals surface area contributed by atoms with Crippen molar-refractivity contribution in [2.45, 2.75) is 51.1 Å². The second-order valence-electron chi connectivity index (χ2n) is 9.63. The third kappa shape index (κ3) is 7.14. The summed E-state index contributed by atoms with van der Waals surface area (Å²) in [5.74, 6) is 0.265. The number of benzene rings is 3. The summed E-state index contributed by atoms with van der Waals surface area (Å²) in [6.07, 6.45) is 3.72. The third-order valence-corrected chi connectivity index (χ3v) is 8.56. The Morgan fingerprint density at radius 3 is 2.24 bits per heavy atom. The van der Waals surface area contributed by atoms with Gasteiger partial charge in [0.2, 0.25) is 5.91 Å². The number of ether oxygens (including phenoxy) is 1. The van der Waals surface area contributed by atoms with Crippen LogP contribution >= 0.6 is 0 Å². The first-order chi connectivity index (χ1) is 18.4. The smallest absolute Gasteiger partial charge is 0.264 e. The molecular formula is C30H37N3O4S. The number of hydrogen-bond acceptors (Lipinski definition) is 5. The van der Waals surface area contributed by atoms with Crippen molar-refractivity contribution in [3.8, 4) is 5.75 Å². The van der Waals surface area contributed by atoms with Gasteiger partial charge in [-0.15, -0.1) is 0 Å². The highest BCUT2D eigenvalue weighted by atomic mass is 32.2. The lowest BCUT2D eigenvalue weighted by molar-refractivity contribution is -0.119. The van der Waals surface area contributed by atoms with E-state index in [-0.39, 0.29) is 17.3 Å². The van der Waals surface area contributed by atoms with Gasteiger partial charge in [-0.05, 0) is 87.3 Å². The van der Waals surface area contributed by atoms with E-state index in [1.807, 2.05) is 32.0 Å². The Morgan fingerprint density at radius 1 is 0.921 bits per heavy atom. The van der Waals surface area contributed by atoms with Crippen LogP contribution in [0.2, 0.25) is 0 Å². The number of piperidine rings is 1. The minimum atomic E-state index is -3.98. The highest BCUT2D eigenvalue weighted by Gasteiger charge is 2.27. The van der Waals surface area contributed by atoms with Crippen molar-refractivity contribution in [2.75, 3.05) is 30.5 Å². The Balaban J connectivity index is 1.51. The fraction of sp³-hybridized carbons (Fsp3) is 0.367. The summed E-state index contributed by atoms with van der Waals surface area (Å²) in [5, 5.41) is 2.95. The first-order valence-corrected chi connectivity index (χ1v) is 14.7. The summed E-state index contributed by atoms with van der Waals surface area (Å²) < 4.78 is 34.0. The van der Waals surface area contributed by atoms with Crippen molar-refractivity contribution in [3.05, 3.63) is 89.5 Å². The van der Waals surface area contributed by atoms with Crippen LogP contribution in [0.15, 0.2) is 77.7 Å². The number of hydrogen-bond donors (Lipinski definition) is 1. The highest BCUT2D eigenvalue weighted by molar-refractivity contribution is 7.92. The zero-order valence-electron chi connectivity index (χ0n) is 22.2. The van der Waals surface area contributed by atoms with Crippen LogP contribution in [-0.4, -0.2) is 45.5 Å². The zero-order chi connectivity index (χ0) is 27.0. The van der Waals surface area contributed by atoms with E-state index in [0.29, 0.717) is 24.6 Å². The molecule has 0 spiro atoms. The zero-order valence-corrected chi connectivity index (χ0v) is 23.0. The maximum absolute atomic E-state index is 13.6. The van der Waals surface area contributed by atoms with Crippen molar-refractivity contribution in [1.82, 2.24) is 10.2 Å². The second kappa shape index (κ2) is 12.9. The molecule has 202 valence electrons. The van der Waals surface area contributed by atoms with Crippen LogP contribution in [0.4, 0.5) is 5.69 Å². The molecule has 1 N–H and O–H groups in total. The Labute approximate surface area is 226 Å². The van der Waals surface area contributed by atoms with Crippen LogP contribution in [0, 0.1) is 6.92 Å². The molecule has 3 aromatic carbocycles. The van der Waals surface area contributed by atoms with Crippen molar-refractivity contribution in [3.63, 3.8) is 0 Å². The van der Waals surface area contributed by atoms with Crippen LogP contribution in [0.25, 0.3) is 0 Å². The third-order valence-electron chi connectivity index (χ3n) is 6.77. The molecule has 1 heterocycles. The van der Waals surface area contributed by atoms with E-state index in [4.69, 9.17) is 4.74 Å². The average molecular weight is 536 g/mol. The molecule has 0 aliphatic carbocycles. The molecule has 0 saturated carbocycles. The fourth-order valence-corrected chi connectivity index (χ4v) is 6.07. The number of nitrogens with zero attached hydrogens (tertiary/aromatic N) is 2. The molecule has 4 rings (SSSR count). The van der Waals surface area contributed by atoms with Crippen LogP contribution in [0.5, 0.6) is 5.75 Å². The topological polar surface area (TPSA) is 79.0 Å². The van der Waals surface area contributed by atoms with Gasteiger partial charge in [-0.25, -0.2) is 8.42 Å². The lowest BCUT2D eigenvalue weighted by Crippen LogP contribution is -2.40. The molecule has 0 atom stereocenters. The number of sulfonamides is 1. The van der Waals surface area contributed by atoms with Gasteiger partial charge in [-0.1, -0.05) is 48.4 Å². The van der Waals surface area contributed by atoms with Gasteiger partial charge in [-0.3, -0.25) is 14.0 Å². The van der Waals surface area contributed by atoms with E-state index >= 15 is 0 Å². The Hall–Kier alpha value is -3.36. The monoisotopic (exact) mass is 535 g/mol. The maximum atomic E-state index is 13.6. The van der Waals surface area contributed by atoms with Crippen molar-refractivity contribution in [1.29, 1.82) is 0 Å². The summed E-state index contributed by atoms with van der Waals surface area (Å²) in [6.45, 7) is 7.33. The number of amides is 1. The molecule has 7 nitrogen and oxygen atoms in total. The molecule has 1 aliphatic heterocycles. The van der Waals surface area contributed by atoms with Gasteiger partial charge in [0.05, 0.1) is 17.2 Å². The first kappa shape index (κ1) is 27.7. The summed E-state index contributed by atoms with van der Waals surface area (Å²) >= 11 is 0. The number of anilines is 1. The summed E-state index contributed by atoms with van der Waals surface area (Å²) in [4.78, 5) is 15.7. The Morgan fingerprint density at radius 2 is 1.58 bits per heavy atom.